The van der Waals surface area contributed by atoms with Crippen LogP contribution in [-0.4, -0.2) is 16.7 Å². The fraction of sp³-hybridized carbons (Fsp3) is 0.261. The number of aromatic nitrogens is 1. The van der Waals surface area contributed by atoms with Crippen molar-refractivity contribution in [1.82, 2.24) is 4.98 Å². The van der Waals surface area contributed by atoms with Crippen molar-refractivity contribution >= 4 is 0 Å². The Labute approximate surface area is 155 Å². The van der Waals surface area contributed by atoms with Crippen LogP contribution in [0.2, 0.25) is 0 Å². The van der Waals surface area contributed by atoms with Crippen molar-refractivity contribution in [3.8, 4) is 17.0 Å². The molecule has 0 aliphatic heterocycles. The van der Waals surface area contributed by atoms with E-state index in [-0.39, 0.29) is 0 Å². The lowest BCUT2D eigenvalue weighted by Crippen LogP contribution is -2.06. The van der Waals surface area contributed by atoms with Crippen LogP contribution >= 0.6 is 0 Å². The highest BCUT2D eigenvalue weighted by Gasteiger charge is 2.11. The predicted molar refractivity (Wildman–Crippen MR) is 105 cm³/mol. The largest absolute Gasteiger partial charge is 0.493 e. The van der Waals surface area contributed by atoms with Crippen LogP contribution in [0.5, 0.6) is 5.75 Å². The molecule has 0 radical (unpaired) electrons. The molecular formula is C23H25NO2. The molecule has 1 heterocycles. The number of nitrogens with zero attached hydrogens (tertiary/aromatic N) is 1. The number of ether oxygens (including phenoxy) is 1. The minimum absolute atomic E-state index is 0.475. The Bertz CT molecular complexity index is 829. The number of aliphatic hydroxyl groups is 1. The van der Waals surface area contributed by atoms with E-state index >= 15 is 0 Å². The van der Waals surface area contributed by atoms with E-state index in [1.54, 1.807) is 0 Å². The van der Waals surface area contributed by atoms with Gasteiger partial charge in [0.25, 0.3) is 0 Å². The highest BCUT2D eigenvalue weighted by Crippen LogP contribution is 2.24. The van der Waals surface area contributed by atoms with Crippen LogP contribution in [0.15, 0.2) is 66.7 Å². The van der Waals surface area contributed by atoms with Crippen LogP contribution in [0.1, 0.15) is 36.3 Å². The minimum atomic E-state index is -0.475. The summed E-state index contributed by atoms with van der Waals surface area (Å²) in [5.41, 5.74) is 5.00. The average Bonchev–Trinajstić information content (AvgIpc) is 2.69. The summed E-state index contributed by atoms with van der Waals surface area (Å²) < 4.78 is 5.83. The Morgan fingerprint density at radius 2 is 1.73 bits per heavy atom. The second kappa shape index (κ2) is 8.63. The Morgan fingerprint density at radius 1 is 1.00 bits per heavy atom. The Balaban J connectivity index is 1.77. The molecule has 0 aliphatic carbocycles. The lowest BCUT2D eigenvalue weighted by atomic mass is 10.0. The zero-order valence-electron chi connectivity index (χ0n) is 15.4. The van der Waals surface area contributed by atoms with E-state index in [0.717, 1.165) is 28.3 Å². The number of rotatable bonds is 7. The van der Waals surface area contributed by atoms with Gasteiger partial charge in [-0.15, -0.1) is 0 Å². The summed E-state index contributed by atoms with van der Waals surface area (Å²) in [6.07, 6.45) is 0.896. The molecule has 2 aromatic carbocycles. The fourth-order valence-corrected chi connectivity index (χ4v) is 2.83. The van der Waals surface area contributed by atoms with E-state index in [4.69, 9.17) is 9.72 Å². The maximum absolute atomic E-state index is 10.3. The van der Waals surface area contributed by atoms with Crippen molar-refractivity contribution in [2.75, 3.05) is 6.61 Å². The highest BCUT2D eigenvalue weighted by atomic mass is 16.5. The minimum Gasteiger partial charge on any atom is -0.493 e. The topological polar surface area (TPSA) is 42.4 Å². The van der Waals surface area contributed by atoms with Crippen LogP contribution in [0.4, 0.5) is 0 Å². The first-order valence-electron chi connectivity index (χ1n) is 9.09. The molecule has 3 nitrogen and oxygen atoms in total. The van der Waals surface area contributed by atoms with Gasteiger partial charge in [-0.05, 0) is 43.2 Å². The molecule has 1 N–H and O–H groups in total. The van der Waals surface area contributed by atoms with Gasteiger partial charge in [-0.3, -0.25) is 4.98 Å². The number of hydrogen-bond acceptors (Lipinski definition) is 3. The molecule has 0 aliphatic rings. The zero-order chi connectivity index (χ0) is 18.4. The second-order valence-corrected chi connectivity index (χ2v) is 6.48. The molecule has 0 spiro atoms. The number of aryl methyl sites for hydroxylation is 1. The van der Waals surface area contributed by atoms with Gasteiger partial charge in [0.2, 0.25) is 0 Å². The standard InChI is InChI=1S/C23H25NO2/c1-3-23(25)19-15-20(13-14-26-21-11-9-17(2)10-12-21)24-22(16-19)18-7-5-4-6-8-18/h4-12,15-16,23,25H,3,13-14H2,1-2H3/t23-/m1/s1. The number of pyridine rings is 1. The Kier molecular flexibility index (Phi) is 6.03. The summed E-state index contributed by atoms with van der Waals surface area (Å²) in [5.74, 6) is 0.864. The number of hydrogen-bond donors (Lipinski definition) is 1. The van der Waals surface area contributed by atoms with E-state index in [0.29, 0.717) is 19.4 Å². The number of aliphatic hydroxyl groups excluding tert-OH is 1. The van der Waals surface area contributed by atoms with Gasteiger partial charge < -0.3 is 9.84 Å². The second-order valence-electron chi connectivity index (χ2n) is 6.48. The summed E-state index contributed by atoms with van der Waals surface area (Å²) in [5, 5.41) is 10.3. The maximum atomic E-state index is 10.3. The SMILES string of the molecule is CC[C@@H](O)c1cc(CCOc2ccc(C)cc2)nc(-c2ccccc2)c1. The number of benzene rings is 2. The molecule has 0 fully saturated rings. The Morgan fingerprint density at radius 3 is 2.42 bits per heavy atom. The molecule has 1 aromatic heterocycles. The van der Waals surface area contributed by atoms with Gasteiger partial charge in [-0.1, -0.05) is 55.0 Å². The van der Waals surface area contributed by atoms with E-state index in [1.165, 1.54) is 5.56 Å². The first-order valence-corrected chi connectivity index (χ1v) is 9.09. The summed E-state index contributed by atoms with van der Waals surface area (Å²) in [7, 11) is 0. The van der Waals surface area contributed by atoms with Gasteiger partial charge >= 0.3 is 0 Å². The van der Waals surface area contributed by atoms with Crippen molar-refractivity contribution in [3.05, 3.63) is 83.6 Å². The van der Waals surface area contributed by atoms with E-state index < -0.39 is 6.10 Å². The maximum Gasteiger partial charge on any atom is 0.119 e. The van der Waals surface area contributed by atoms with Crippen LogP contribution in [0.3, 0.4) is 0 Å². The van der Waals surface area contributed by atoms with Crippen LogP contribution < -0.4 is 4.74 Å². The van der Waals surface area contributed by atoms with Crippen molar-refractivity contribution in [2.45, 2.75) is 32.8 Å². The Hall–Kier alpha value is -2.65. The first kappa shape index (κ1) is 18.2. The fourth-order valence-electron chi connectivity index (χ4n) is 2.83. The third-order valence-corrected chi connectivity index (χ3v) is 4.39. The normalized spacial score (nSPS) is 12.0. The molecule has 3 aromatic rings. The molecular weight excluding hydrogens is 322 g/mol. The quantitative estimate of drug-likeness (QED) is 0.645. The molecule has 0 bridgehead atoms. The van der Waals surface area contributed by atoms with Crippen LogP contribution in [0, 0.1) is 6.92 Å². The molecule has 0 saturated heterocycles. The monoisotopic (exact) mass is 347 g/mol. The highest BCUT2D eigenvalue weighted by molar-refractivity contribution is 5.60. The molecule has 3 heteroatoms. The van der Waals surface area contributed by atoms with Gasteiger partial charge in [0.15, 0.2) is 0 Å². The lowest BCUT2D eigenvalue weighted by Gasteiger charge is -2.13. The average molecular weight is 347 g/mol. The third kappa shape index (κ3) is 4.70. The van der Waals surface area contributed by atoms with Crippen molar-refractivity contribution in [3.63, 3.8) is 0 Å². The van der Waals surface area contributed by atoms with E-state index in [2.05, 4.69) is 6.92 Å². The van der Waals surface area contributed by atoms with Gasteiger partial charge in [0.05, 0.1) is 18.4 Å². The summed E-state index contributed by atoms with van der Waals surface area (Å²) >= 11 is 0. The smallest absolute Gasteiger partial charge is 0.119 e. The molecule has 0 saturated carbocycles. The van der Waals surface area contributed by atoms with Gasteiger partial charge in [-0.2, -0.15) is 0 Å². The zero-order valence-corrected chi connectivity index (χ0v) is 15.4. The molecule has 1 atom stereocenters. The molecule has 0 amide bonds. The first-order chi connectivity index (χ1) is 12.7. The summed E-state index contributed by atoms with van der Waals surface area (Å²) in [6.45, 7) is 4.59. The van der Waals surface area contributed by atoms with Gasteiger partial charge in [0.1, 0.15) is 5.75 Å². The van der Waals surface area contributed by atoms with E-state index in [1.807, 2.05) is 73.7 Å². The summed E-state index contributed by atoms with van der Waals surface area (Å²) in [6, 6.07) is 22.1. The predicted octanol–water partition coefficient (Wildman–Crippen LogP) is 5.12. The van der Waals surface area contributed by atoms with Crippen molar-refractivity contribution in [2.24, 2.45) is 0 Å². The molecule has 26 heavy (non-hydrogen) atoms. The van der Waals surface area contributed by atoms with Gasteiger partial charge in [-0.25, -0.2) is 0 Å². The molecule has 0 unspecified atom stereocenters. The lowest BCUT2D eigenvalue weighted by molar-refractivity contribution is 0.173. The van der Waals surface area contributed by atoms with Crippen molar-refractivity contribution in [1.29, 1.82) is 0 Å². The van der Waals surface area contributed by atoms with E-state index in [9.17, 15) is 5.11 Å². The van der Waals surface area contributed by atoms with Crippen LogP contribution in [0.25, 0.3) is 11.3 Å². The third-order valence-electron chi connectivity index (χ3n) is 4.39. The molecule has 134 valence electrons. The van der Waals surface area contributed by atoms with Crippen molar-refractivity contribution < 1.29 is 9.84 Å². The van der Waals surface area contributed by atoms with Gasteiger partial charge in [0, 0.05) is 17.7 Å². The van der Waals surface area contributed by atoms with Crippen LogP contribution in [-0.2, 0) is 6.42 Å². The molecule has 3 rings (SSSR count). The summed E-state index contributed by atoms with van der Waals surface area (Å²) in [4.78, 5) is 4.77.